The molecule has 1 amide bonds. The first-order valence-electron chi connectivity index (χ1n) is 7.73. The molecule has 0 saturated heterocycles. The molecule has 128 valence electrons. The fourth-order valence-electron chi connectivity index (χ4n) is 2.40. The third-order valence-corrected chi connectivity index (χ3v) is 5.09. The molecule has 6 heteroatoms. The number of carbonyl (C=O) groups is 2. The molecule has 25 heavy (non-hydrogen) atoms. The van der Waals surface area contributed by atoms with Gasteiger partial charge in [0.05, 0.1) is 10.6 Å². The van der Waals surface area contributed by atoms with Crippen molar-refractivity contribution in [3.63, 3.8) is 0 Å². The Labute approximate surface area is 154 Å². The van der Waals surface area contributed by atoms with E-state index in [4.69, 9.17) is 16.3 Å². The van der Waals surface area contributed by atoms with Crippen LogP contribution in [0.4, 0.5) is 0 Å². The number of amides is 1. The summed E-state index contributed by atoms with van der Waals surface area (Å²) in [6.45, 7) is 1.76. The molecule has 0 aliphatic heterocycles. The first kappa shape index (κ1) is 17.5. The molecule has 1 N–H and O–H groups in total. The predicted octanol–water partition coefficient (Wildman–Crippen LogP) is 4.42. The van der Waals surface area contributed by atoms with Crippen molar-refractivity contribution < 1.29 is 14.3 Å². The average molecular weight is 374 g/mol. The van der Waals surface area contributed by atoms with Crippen molar-refractivity contribution in [1.82, 2.24) is 5.32 Å². The van der Waals surface area contributed by atoms with E-state index < -0.39 is 17.9 Å². The number of benzene rings is 2. The van der Waals surface area contributed by atoms with Gasteiger partial charge in [0.15, 0.2) is 0 Å². The molecule has 0 spiro atoms. The number of hydrogen-bond donors (Lipinski definition) is 1. The number of hydrogen-bond acceptors (Lipinski definition) is 4. The summed E-state index contributed by atoms with van der Waals surface area (Å²) in [5.74, 6) is -0.897. The maximum absolute atomic E-state index is 12.2. The van der Waals surface area contributed by atoms with Crippen LogP contribution in [0.5, 0.6) is 0 Å². The van der Waals surface area contributed by atoms with Crippen molar-refractivity contribution in [3.05, 3.63) is 70.1 Å². The summed E-state index contributed by atoms with van der Waals surface area (Å²) < 4.78 is 6.49. The van der Waals surface area contributed by atoms with Gasteiger partial charge < -0.3 is 10.1 Å². The number of fused-ring (bicyclic) bond motifs is 1. The van der Waals surface area contributed by atoms with Crippen LogP contribution in [-0.2, 0) is 16.1 Å². The zero-order valence-electron chi connectivity index (χ0n) is 13.5. The number of esters is 1. The van der Waals surface area contributed by atoms with E-state index in [9.17, 15) is 9.59 Å². The van der Waals surface area contributed by atoms with Crippen LogP contribution in [0.1, 0.15) is 22.8 Å². The topological polar surface area (TPSA) is 55.4 Å². The average Bonchev–Trinajstić information content (AvgIpc) is 3.03. The van der Waals surface area contributed by atoms with Crippen LogP contribution in [0.15, 0.2) is 53.9 Å². The fourth-order valence-corrected chi connectivity index (χ4v) is 3.57. The molecular formula is C19H16ClNO3S. The second kappa shape index (κ2) is 7.68. The summed E-state index contributed by atoms with van der Waals surface area (Å²) in [5.41, 5.74) is 1.28. The smallest absolute Gasteiger partial charge is 0.328 e. The number of thiophene rings is 1. The van der Waals surface area contributed by atoms with E-state index in [1.165, 1.54) is 0 Å². The van der Waals surface area contributed by atoms with E-state index in [1.807, 2.05) is 29.6 Å². The Morgan fingerprint density at radius 1 is 1.16 bits per heavy atom. The number of nitrogens with one attached hydrogen (secondary N) is 1. The van der Waals surface area contributed by atoms with Crippen molar-refractivity contribution in [3.8, 4) is 0 Å². The lowest BCUT2D eigenvalue weighted by Crippen LogP contribution is -2.39. The lowest BCUT2D eigenvalue weighted by atomic mass is 10.2. The van der Waals surface area contributed by atoms with Crippen molar-refractivity contribution in [2.75, 3.05) is 0 Å². The van der Waals surface area contributed by atoms with E-state index in [0.29, 0.717) is 10.6 Å². The summed E-state index contributed by atoms with van der Waals surface area (Å²) in [6, 6.07) is 13.9. The van der Waals surface area contributed by atoms with Gasteiger partial charge in [-0.15, -0.1) is 11.3 Å². The van der Waals surface area contributed by atoms with Crippen LogP contribution in [-0.4, -0.2) is 17.9 Å². The Hall–Kier alpha value is -2.37. The summed E-state index contributed by atoms with van der Waals surface area (Å²) >= 11 is 7.60. The van der Waals surface area contributed by atoms with Gasteiger partial charge in [-0.25, -0.2) is 4.79 Å². The quantitative estimate of drug-likeness (QED) is 0.674. The van der Waals surface area contributed by atoms with Crippen LogP contribution in [0.2, 0.25) is 5.02 Å². The van der Waals surface area contributed by atoms with Gasteiger partial charge in [0.1, 0.15) is 12.6 Å². The maximum atomic E-state index is 12.2. The van der Waals surface area contributed by atoms with Crippen LogP contribution in [0, 0.1) is 0 Å². The Bertz CT molecular complexity index is 922. The van der Waals surface area contributed by atoms with Gasteiger partial charge in [0, 0.05) is 10.3 Å². The first-order valence-corrected chi connectivity index (χ1v) is 8.99. The normalized spacial score (nSPS) is 11.9. The Morgan fingerprint density at radius 2 is 1.88 bits per heavy atom. The highest BCUT2D eigenvalue weighted by Gasteiger charge is 2.19. The minimum absolute atomic E-state index is 0.176. The van der Waals surface area contributed by atoms with Crippen molar-refractivity contribution in [2.24, 2.45) is 0 Å². The number of ether oxygens (including phenoxy) is 1. The molecule has 0 aliphatic carbocycles. The Kier molecular flexibility index (Phi) is 5.36. The molecule has 0 aliphatic rings. The van der Waals surface area contributed by atoms with E-state index in [2.05, 4.69) is 5.32 Å². The van der Waals surface area contributed by atoms with Crippen LogP contribution in [0.25, 0.3) is 10.1 Å². The second-order valence-corrected chi connectivity index (χ2v) is 6.86. The molecule has 0 saturated carbocycles. The number of halogens is 1. The Balaban J connectivity index is 1.59. The number of carbonyl (C=O) groups excluding carboxylic acids is 2. The highest BCUT2D eigenvalue weighted by molar-refractivity contribution is 7.17. The molecule has 0 radical (unpaired) electrons. The Morgan fingerprint density at radius 3 is 2.68 bits per heavy atom. The van der Waals surface area contributed by atoms with Gasteiger partial charge in [-0.05, 0) is 35.9 Å². The molecule has 2 aromatic carbocycles. The minimum atomic E-state index is -0.770. The van der Waals surface area contributed by atoms with Crippen molar-refractivity contribution >= 4 is 44.9 Å². The van der Waals surface area contributed by atoms with E-state index >= 15 is 0 Å². The lowest BCUT2D eigenvalue weighted by molar-refractivity contribution is -0.146. The molecule has 0 unspecified atom stereocenters. The summed E-state index contributed by atoms with van der Waals surface area (Å²) in [5, 5.41) is 6.00. The molecule has 1 aromatic heterocycles. The summed E-state index contributed by atoms with van der Waals surface area (Å²) in [4.78, 5) is 24.3. The minimum Gasteiger partial charge on any atom is -0.459 e. The molecule has 3 aromatic rings. The highest BCUT2D eigenvalue weighted by atomic mass is 35.5. The van der Waals surface area contributed by atoms with Crippen molar-refractivity contribution in [2.45, 2.75) is 19.6 Å². The van der Waals surface area contributed by atoms with E-state index in [0.717, 1.165) is 15.6 Å². The summed E-state index contributed by atoms with van der Waals surface area (Å²) in [7, 11) is 0. The monoisotopic (exact) mass is 373 g/mol. The van der Waals surface area contributed by atoms with Gasteiger partial charge in [0.25, 0.3) is 5.91 Å². The van der Waals surface area contributed by atoms with Gasteiger partial charge >= 0.3 is 5.97 Å². The van der Waals surface area contributed by atoms with Crippen molar-refractivity contribution in [1.29, 1.82) is 0 Å². The predicted molar refractivity (Wildman–Crippen MR) is 100 cm³/mol. The van der Waals surface area contributed by atoms with E-state index in [-0.39, 0.29) is 6.61 Å². The molecule has 0 bridgehead atoms. The van der Waals surface area contributed by atoms with Crippen LogP contribution >= 0.6 is 22.9 Å². The van der Waals surface area contributed by atoms with Crippen LogP contribution < -0.4 is 5.32 Å². The maximum Gasteiger partial charge on any atom is 0.328 e. The van der Waals surface area contributed by atoms with Gasteiger partial charge in [0.2, 0.25) is 0 Å². The third-order valence-electron chi connectivity index (χ3n) is 3.75. The molecule has 1 heterocycles. The molecule has 1 atom stereocenters. The zero-order chi connectivity index (χ0) is 17.8. The largest absolute Gasteiger partial charge is 0.459 e. The number of rotatable bonds is 5. The van der Waals surface area contributed by atoms with Crippen LogP contribution in [0.3, 0.4) is 0 Å². The van der Waals surface area contributed by atoms with E-state index in [1.54, 1.807) is 42.5 Å². The summed E-state index contributed by atoms with van der Waals surface area (Å²) in [6.07, 6.45) is 0. The third kappa shape index (κ3) is 4.00. The molecule has 4 nitrogen and oxygen atoms in total. The molecule has 3 rings (SSSR count). The second-order valence-electron chi connectivity index (χ2n) is 5.54. The first-order chi connectivity index (χ1) is 12.1. The standard InChI is InChI=1S/C19H16ClNO3S/c1-12(21-18(22)15-7-2-4-8-16(15)20)19(23)24-10-13-11-25-17-9-5-3-6-14(13)17/h2-9,11-12H,10H2,1H3,(H,21,22)/t12-/m0/s1. The lowest BCUT2D eigenvalue weighted by Gasteiger charge is -2.14. The SMILES string of the molecule is C[C@H](NC(=O)c1ccccc1Cl)C(=O)OCc1csc2ccccc12. The highest BCUT2D eigenvalue weighted by Crippen LogP contribution is 2.26. The van der Waals surface area contributed by atoms with Gasteiger partial charge in [-0.1, -0.05) is 41.9 Å². The molecule has 0 fully saturated rings. The van der Waals surface area contributed by atoms with Gasteiger partial charge in [-0.3, -0.25) is 4.79 Å². The van der Waals surface area contributed by atoms with Gasteiger partial charge in [-0.2, -0.15) is 0 Å². The molecular weight excluding hydrogens is 358 g/mol. The fraction of sp³-hybridized carbons (Fsp3) is 0.158. The zero-order valence-corrected chi connectivity index (χ0v) is 15.1.